The summed E-state index contributed by atoms with van der Waals surface area (Å²) < 4.78 is 14.0. The van der Waals surface area contributed by atoms with Gasteiger partial charge in [0, 0.05) is 29.2 Å². The molecular formula is C30H28ClFN2O. The van der Waals surface area contributed by atoms with Crippen molar-refractivity contribution in [1.29, 1.82) is 0 Å². The predicted molar refractivity (Wildman–Crippen MR) is 139 cm³/mol. The summed E-state index contributed by atoms with van der Waals surface area (Å²) in [5.74, 6) is 0.238. The lowest BCUT2D eigenvalue weighted by Gasteiger charge is -2.37. The van der Waals surface area contributed by atoms with Gasteiger partial charge in [0.05, 0.1) is 11.9 Å². The number of benzene rings is 3. The molecule has 0 aliphatic heterocycles. The summed E-state index contributed by atoms with van der Waals surface area (Å²) in [6.07, 6.45) is 5.93. The Hall–Kier alpha value is -3.24. The van der Waals surface area contributed by atoms with Crippen LogP contribution in [-0.4, -0.2) is 21.8 Å². The zero-order chi connectivity index (χ0) is 24.2. The SMILES string of the molecule is O=C(Cc1ccc(Cl)cc1)N(Cc1ccccc1)[C@H]1CC[C@@H](c2ccnc3ccc(F)cc32)CC1. The molecule has 0 atom stereocenters. The van der Waals surface area contributed by atoms with Crippen LogP contribution in [0.3, 0.4) is 0 Å². The fourth-order valence-electron chi connectivity index (χ4n) is 5.27. The van der Waals surface area contributed by atoms with Crippen molar-refractivity contribution in [1.82, 2.24) is 9.88 Å². The van der Waals surface area contributed by atoms with Crippen molar-refractivity contribution in [3.8, 4) is 0 Å². The zero-order valence-electron chi connectivity index (χ0n) is 19.5. The smallest absolute Gasteiger partial charge is 0.227 e. The standard InChI is InChI=1S/C30H28ClFN2O/c31-24-10-6-21(7-11-24)18-30(35)34(20-22-4-2-1-3-5-22)26-13-8-23(9-14-26)27-16-17-33-29-15-12-25(32)19-28(27)29/h1-7,10-12,15-17,19,23,26H,8-9,13-14,18,20H2/t23-,26+. The number of nitrogens with zero attached hydrogens (tertiary/aromatic N) is 2. The first-order chi connectivity index (χ1) is 17.1. The van der Waals surface area contributed by atoms with Crippen LogP contribution < -0.4 is 0 Å². The van der Waals surface area contributed by atoms with Crippen LogP contribution in [0.1, 0.15) is 48.3 Å². The first-order valence-corrected chi connectivity index (χ1v) is 12.6. The summed E-state index contributed by atoms with van der Waals surface area (Å²) in [6, 6.07) is 24.7. The number of rotatable bonds is 6. The average molecular weight is 487 g/mol. The van der Waals surface area contributed by atoms with Crippen molar-refractivity contribution in [2.24, 2.45) is 0 Å². The summed E-state index contributed by atoms with van der Waals surface area (Å²) in [7, 11) is 0. The highest BCUT2D eigenvalue weighted by molar-refractivity contribution is 6.30. The molecule has 3 aromatic carbocycles. The monoisotopic (exact) mass is 486 g/mol. The van der Waals surface area contributed by atoms with Gasteiger partial charge < -0.3 is 4.90 Å². The molecule has 3 nitrogen and oxygen atoms in total. The summed E-state index contributed by atoms with van der Waals surface area (Å²) >= 11 is 6.03. The summed E-state index contributed by atoms with van der Waals surface area (Å²) in [4.78, 5) is 20.0. The zero-order valence-corrected chi connectivity index (χ0v) is 20.3. The molecule has 4 aromatic rings. The second kappa shape index (κ2) is 10.6. The number of halogens is 2. The van der Waals surface area contributed by atoms with E-state index in [1.165, 1.54) is 6.07 Å². The van der Waals surface area contributed by atoms with Crippen LogP contribution >= 0.6 is 11.6 Å². The number of aromatic nitrogens is 1. The van der Waals surface area contributed by atoms with Crippen molar-refractivity contribution < 1.29 is 9.18 Å². The highest BCUT2D eigenvalue weighted by Crippen LogP contribution is 2.38. The van der Waals surface area contributed by atoms with Crippen molar-refractivity contribution >= 4 is 28.4 Å². The van der Waals surface area contributed by atoms with Crippen LogP contribution in [-0.2, 0) is 17.8 Å². The van der Waals surface area contributed by atoms with E-state index in [1.54, 1.807) is 12.1 Å². The van der Waals surface area contributed by atoms with E-state index in [2.05, 4.69) is 22.0 Å². The third-order valence-corrected chi connectivity index (χ3v) is 7.35. The molecule has 0 bridgehead atoms. The number of hydrogen-bond acceptors (Lipinski definition) is 2. The van der Waals surface area contributed by atoms with E-state index in [0.717, 1.165) is 53.3 Å². The van der Waals surface area contributed by atoms with Gasteiger partial charge in [-0.15, -0.1) is 0 Å². The maximum Gasteiger partial charge on any atom is 0.227 e. The Balaban J connectivity index is 1.34. The number of carbonyl (C=O) groups excluding carboxylic acids is 1. The molecule has 5 rings (SSSR count). The average Bonchev–Trinajstić information content (AvgIpc) is 2.89. The molecule has 1 aliphatic rings. The lowest BCUT2D eigenvalue weighted by Crippen LogP contribution is -2.42. The Morgan fingerprint density at radius 3 is 2.40 bits per heavy atom. The number of hydrogen-bond donors (Lipinski definition) is 0. The highest BCUT2D eigenvalue weighted by atomic mass is 35.5. The number of fused-ring (bicyclic) bond motifs is 1. The van der Waals surface area contributed by atoms with Crippen LogP contribution in [0, 0.1) is 5.82 Å². The molecule has 35 heavy (non-hydrogen) atoms. The topological polar surface area (TPSA) is 33.2 Å². The molecule has 1 fully saturated rings. The van der Waals surface area contributed by atoms with Crippen LogP contribution in [0.2, 0.25) is 5.02 Å². The Kier molecular flexibility index (Phi) is 7.10. The second-order valence-electron chi connectivity index (χ2n) is 9.38. The quantitative estimate of drug-likeness (QED) is 0.286. The van der Waals surface area contributed by atoms with E-state index in [4.69, 9.17) is 11.6 Å². The largest absolute Gasteiger partial charge is 0.335 e. The third-order valence-electron chi connectivity index (χ3n) is 7.10. The molecule has 0 saturated heterocycles. The van der Waals surface area contributed by atoms with Gasteiger partial charge in [-0.3, -0.25) is 9.78 Å². The molecule has 1 amide bonds. The molecule has 0 N–H and O–H groups in total. The number of amides is 1. The first kappa shape index (κ1) is 23.5. The normalized spacial score (nSPS) is 17.9. The Bertz CT molecular complexity index is 1300. The molecule has 0 unspecified atom stereocenters. The summed E-state index contributed by atoms with van der Waals surface area (Å²) in [6.45, 7) is 0.603. The van der Waals surface area contributed by atoms with E-state index in [0.29, 0.717) is 23.9 Å². The van der Waals surface area contributed by atoms with Crippen molar-refractivity contribution in [2.45, 2.75) is 50.6 Å². The Labute approximate surface area is 210 Å². The van der Waals surface area contributed by atoms with Crippen molar-refractivity contribution in [3.63, 3.8) is 0 Å². The van der Waals surface area contributed by atoms with Gasteiger partial charge in [0.1, 0.15) is 5.82 Å². The fourth-order valence-corrected chi connectivity index (χ4v) is 5.40. The van der Waals surface area contributed by atoms with E-state index in [1.807, 2.05) is 54.7 Å². The van der Waals surface area contributed by atoms with Gasteiger partial charge in [0.2, 0.25) is 5.91 Å². The summed E-state index contributed by atoms with van der Waals surface area (Å²) in [5.41, 5.74) is 4.09. The maximum absolute atomic E-state index is 14.0. The van der Waals surface area contributed by atoms with Crippen LogP contribution in [0.4, 0.5) is 4.39 Å². The number of pyridine rings is 1. The van der Waals surface area contributed by atoms with Crippen molar-refractivity contribution in [3.05, 3.63) is 113 Å². The lowest BCUT2D eigenvalue weighted by molar-refractivity contribution is -0.134. The van der Waals surface area contributed by atoms with Crippen LogP contribution in [0.15, 0.2) is 85.1 Å². The van der Waals surface area contributed by atoms with E-state index >= 15 is 0 Å². The minimum absolute atomic E-state index is 0.135. The molecule has 5 heteroatoms. The summed E-state index contributed by atoms with van der Waals surface area (Å²) in [5, 5.41) is 1.57. The van der Waals surface area contributed by atoms with E-state index in [9.17, 15) is 9.18 Å². The van der Waals surface area contributed by atoms with Gasteiger partial charge in [0.25, 0.3) is 0 Å². The molecule has 1 aromatic heterocycles. The molecule has 1 aliphatic carbocycles. The second-order valence-corrected chi connectivity index (χ2v) is 9.81. The van der Waals surface area contributed by atoms with Crippen LogP contribution in [0.25, 0.3) is 10.9 Å². The first-order valence-electron chi connectivity index (χ1n) is 12.2. The van der Waals surface area contributed by atoms with Gasteiger partial charge in [-0.25, -0.2) is 4.39 Å². The predicted octanol–water partition coefficient (Wildman–Crippen LogP) is 7.33. The highest BCUT2D eigenvalue weighted by Gasteiger charge is 2.30. The lowest BCUT2D eigenvalue weighted by atomic mass is 9.80. The van der Waals surface area contributed by atoms with Gasteiger partial charge >= 0.3 is 0 Å². The molecule has 1 heterocycles. The molecular weight excluding hydrogens is 459 g/mol. The van der Waals surface area contributed by atoms with E-state index in [-0.39, 0.29) is 17.8 Å². The van der Waals surface area contributed by atoms with Gasteiger partial charge in [-0.1, -0.05) is 54.1 Å². The van der Waals surface area contributed by atoms with Gasteiger partial charge in [0.15, 0.2) is 0 Å². The molecule has 1 saturated carbocycles. The third kappa shape index (κ3) is 5.54. The molecule has 0 radical (unpaired) electrons. The van der Waals surface area contributed by atoms with Crippen molar-refractivity contribution in [2.75, 3.05) is 0 Å². The van der Waals surface area contributed by atoms with Gasteiger partial charge in [-0.05, 0) is 84.7 Å². The molecule has 178 valence electrons. The minimum Gasteiger partial charge on any atom is -0.335 e. The van der Waals surface area contributed by atoms with Crippen LogP contribution in [0.5, 0.6) is 0 Å². The molecule has 0 spiro atoms. The number of carbonyl (C=O) groups is 1. The Morgan fingerprint density at radius 2 is 1.66 bits per heavy atom. The minimum atomic E-state index is -0.234. The van der Waals surface area contributed by atoms with E-state index < -0.39 is 0 Å². The maximum atomic E-state index is 14.0. The van der Waals surface area contributed by atoms with Gasteiger partial charge in [-0.2, -0.15) is 0 Å². The fraction of sp³-hybridized carbons (Fsp3) is 0.267. The Morgan fingerprint density at radius 1 is 0.914 bits per heavy atom.